The predicted molar refractivity (Wildman–Crippen MR) is 61.7 cm³/mol. The van der Waals surface area contributed by atoms with E-state index in [1.54, 1.807) is 10.9 Å². The number of hydrogen-bond acceptors (Lipinski definition) is 4. The topological polar surface area (TPSA) is 63.1 Å². The van der Waals surface area contributed by atoms with Gasteiger partial charge in [0, 0.05) is 25.7 Å². The molecule has 0 aromatic carbocycles. The van der Waals surface area contributed by atoms with Crippen LogP contribution in [0.3, 0.4) is 0 Å². The van der Waals surface area contributed by atoms with Crippen molar-refractivity contribution in [2.45, 2.75) is 31.8 Å². The monoisotopic (exact) mass is 235 g/mol. The van der Waals surface area contributed by atoms with Gasteiger partial charge in [-0.15, -0.1) is 5.10 Å². The highest BCUT2D eigenvalue weighted by Gasteiger charge is 2.33. The lowest BCUT2D eigenvalue weighted by atomic mass is 10.2. The molecule has 0 radical (unpaired) electrons. The molecule has 2 fully saturated rings. The Morgan fingerprint density at radius 1 is 1.59 bits per heavy atom. The van der Waals surface area contributed by atoms with Crippen molar-refractivity contribution in [3.63, 3.8) is 0 Å². The first-order valence-electron chi connectivity index (χ1n) is 6.23. The number of aromatic nitrogens is 3. The fourth-order valence-corrected chi connectivity index (χ4v) is 2.11. The Balaban J connectivity index is 1.73. The van der Waals surface area contributed by atoms with E-state index in [0.717, 1.165) is 32.5 Å². The molecule has 1 aromatic rings. The maximum absolute atomic E-state index is 12.2. The van der Waals surface area contributed by atoms with Crippen LogP contribution in [-0.4, -0.2) is 51.5 Å². The molecule has 1 N–H and O–H groups in total. The zero-order valence-corrected chi connectivity index (χ0v) is 9.96. The molecule has 0 bridgehead atoms. The summed E-state index contributed by atoms with van der Waals surface area (Å²) in [6, 6.07) is 0.795. The molecular formula is C11H17N5O. The zero-order valence-electron chi connectivity index (χ0n) is 9.96. The van der Waals surface area contributed by atoms with Crippen molar-refractivity contribution in [2.24, 2.45) is 0 Å². The third kappa shape index (κ3) is 1.93. The van der Waals surface area contributed by atoms with Crippen molar-refractivity contribution >= 4 is 5.91 Å². The average Bonchev–Trinajstić information content (AvgIpc) is 2.96. The van der Waals surface area contributed by atoms with Gasteiger partial charge < -0.3 is 10.2 Å². The van der Waals surface area contributed by atoms with E-state index >= 15 is 0 Å². The highest BCUT2D eigenvalue weighted by Crippen LogP contribution is 2.27. The van der Waals surface area contributed by atoms with Crippen molar-refractivity contribution in [3.8, 4) is 0 Å². The van der Waals surface area contributed by atoms with Gasteiger partial charge in [-0.05, 0) is 19.8 Å². The molecule has 1 amide bonds. The Hall–Kier alpha value is -1.43. The van der Waals surface area contributed by atoms with Gasteiger partial charge in [0.15, 0.2) is 5.69 Å². The summed E-state index contributed by atoms with van der Waals surface area (Å²) >= 11 is 0. The number of rotatable bonds is 4. The van der Waals surface area contributed by atoms with Crippen LogP contribution in [0.4, 0.5) is 0 Å². The number of carbonyl (C=O) groups is 1. The quantitative estimate of drug-likeness (QED) is 0.801. The second-order valence-corrected chi connectivity index (χ2v) is 4.72. The molecule has 0 unspecified atom stereocenters. The van der Waals surface area contributed by atoms with Crippen LogP contribution < -0.4 is 5.32 Å². The molecule has 2 heterocycles. The molecule has 2 aliphatic rings. The molecular weight excluding hydrogens is 218 g/mol. The first kappa shape index (κ1) is 10.7. The van der Waals surface area contributed by atoms with E-state index in [9.17, 15) is 4.79 Å². The van der Waals surface area contributed by atoms with Gasteiger partial charge in [-0.2, -0.15) is 0 Å². The molecule has 1 saturated heterocycles. The minimum absolute atomic E-state index is 0.0218. The molecule has 6 nitrogen and oxygen atoms in total. The van der Waals surface area contributed by atoms with Gasteiger partial charge >= 0.3 is 0 Å². The van der Waals surface area contributed by atoms with Crippen LogP contribution in [0.25, 0.3) is 0 Å². The lowest BCUT2D eigenvalue weighted by Crippen LogP contribution is -2.43. The molecule has 1 saturated carbocycles. The Bertz CT molecular complexity index is 421. The maximum atomic E-state index is 12.2. The van der Waals surface area contributed by atoms with Crippen LogP contribution in [0, 0.1) is 0 Å². The minimum atomic E-state index is 0.0218. The number of hydrogen-bond donors (Lipinski definition) is 1. The van der Waals surface area contributed by atoms with Crippen LogP contribution >= 0.6 is 0 Å². The second-order valence-electron chi connectivity index (χ2n) is 4.72. The summed E-state index contributed by atoms with van der Waals surface area (Å²) in [7, 11) is 0. The maximum Gasteiger partial charge on any atom is 0.276 e. The number of nitrogens with one attached hydrogen (secondary N) is 1. The van der Waals surface area contributed by atoms with Crippen LogP contribution in [0.15, 0.2) is 6.20 Å². The molecule has 92 valence electrons. The molecule has 1 aliphatic carbocycles. The molecule has 3 rings (SSSR count). The van der Waals surface area contributed by atoms with Gasteiger partial charge in [-0.1, -0.05) is 5.21 Å². The number of carbonyl (C=O) groups excluding carboxylic acids is 1. The second kappa shape index (κ2) is 4.10. The fourth-order valence-electron chi connectivity index (χ4n) is 2.11. The third-order valence-corrected chi connectivity index (χ3v) is 3.45. The first-order chi connectivity index (χ1) is 8.29. The van der Waals surface area contributed by atoms with E-state index < -0.39 is 0 Å². The lowest BCUT2D eigenvalue weighted by molar-refractivity contribution is 0.0746. The summed E-state index contributed by atoms with van der Waals surface area (Å²) in [6.45, 7) is 4.59. The Morgan fingerprint density at radius 2 is 2.35 bits per heavy atom. The number of nitrogens with zero attached hydrogens (tertiary/aromatic N) is 4. The van der Waals surface area contributed by atoms with Crippen molar-refractivity contribution < 1.29 is 4.79 Å². The van der Waals surface area contributed by atoms with Gasteiger partial charge in [0.25, 0.3) is 5.91 Å². The van der Waals surface area contributed by atoms with Crippen LogP contribution in [0.2, 0.25) is 0 Å². The molecule has 17 heavy (non-hydrogen) atoms. The minimum Gasteiger partial charge on any atom is -0.334 e. The van der Waals surface area contributed by atoms with E-state index in [1.807, 2.05) is 11.8 Å². The van der Waals surface area contributed by atoms with Gasteiger partial charge in [-0.25, -0.2) is 4.68 Å². The van der Waals surface area contributed by atoms with Gasteiger partial charge in [0.2, 0.25) is 0 Å². The summed E-state index contributed by atoms with van der Waals surface area (Å²) in [5, 5.41) is 11.2. The standard InChI is InChI=1S/C11H17N5O/c1-2-15(8-3-4-8)11(17)10-7-16(14-13-10)9-5-12-6-9/h7-9,12H,2-6H2,1H3. The SMILES string of the molecule is CCN(C(=O)c1cn(C2CNC2)nn1)C1CC1. The van der Waals surface area contributed by atoms with Crippen molar-refractivity contribution in [1.29, 1.82) is 0 Å². The Morgan fingerprint density at radius 3 is 2.88 bits per heavy atom. The predicted octanol–water partition coefficient (Wildman–Crippen LogP) is 0.0469. The molecule has 6 heteroatoms. The Kier molecular flexibility index (Phi) is 2.58. The molecule has 1 aromatic heterocycles. The van der Waals surface area contributed by atoms with Crippen LogP contribution in [-0.2, 0) is 0 Å². The van der Waals surface area contributed by atoms with E-state index in [2.05, 4.69) is 15.6 Å². The highest BCUT2D eigenvalue weighted by atomic mass is 16.2. The molecule has 1 aliphatic heterocycles. The average molecular weight is 235 g/mol. The van der Waals surface area contributed by atoms with E-state index in [4.69, 9.17) is 0 Å². The third-order valence-electron chi connectivity index (χ3n) is 3.45. The van der Waals surface area contributed by atoms with Gasteiger partial charge in [0.05, 0.1) is 12.2 Å². The summed E-state index contributed by atoms with van der Waals surface area (Å²) in [5.74, 6) is 0.0218. The van der Waals surface area contributed by atoms with Gasteiger partial charge in [-0.3, -0.25) is 4.79 Å². The molecule has 0 spiro atoms. The van der Waals surface area contributed by atoms with E-state index in [-0.39, 0.29) is 5.91 Å². The van der Waals surface area contributed by atoms with E-state index in [1.165, 1.54) is 0 Å². The normalized spacial score (nSPS) is 20.1. The lowest BCUT2D eigenvalue weighted by Gasteiger charge is -2.26. The summed E-state index contributed by atoms with van der Waals surface area (Å²) < 4.78 is 1.80. The van der Waals surface area contributed by atoms with Gasteiger partial charge in [0.1, 0.15) is 0 Å². The summed E-state index contributed by atoms with van der Waals surface area (Å²) in [6.07, 6.45) is 4.03. The number of amides is 1. The van der Waals surface area contributed by atoms with Crippen molar-refractivity contribution in [3.05, 3.63) is 11.9 Å². The van der Waals surface area contributed by atoms with Crippen LogP contribution in [0.5, 0.6) is 0 Å². The largest absolute Gasteiger partial charge is 0.334 e. The summed E-state index contributed by atoms with van der Waals surface area (Å²) in [5.41, 5.74) is 0.477. The summed E-state index contributed by atoms with van der Waals surface area (Å²) in [4.78, 5) is 14.1. The smallest absolute Gasteiger partial charge is 0.276 e. The van der Waals surface area contributed by atoms with Crippen molar-refractivity contribution in [1.82, 2.24) is 25.2 Å². The van der Waals surface area contributed by atoms with Crippen LogP contribution in [0.1, 0.15) is 36.3 Å². The molecule has 0 atom stereocenters. The Labute approximate surface area is 100.0 Å². The van der Waals surface area contributed by atoms with Crippen molar-refractivity contribution in [2.75, 3.05) is 19.6 Å². The highest BCUT2D eigenvalue weighted by molar-refractivity contribution is 5.92. The first-order valence-corrected chi connectivity index (χ1v) is 6.23. The zero-order chi connectivity index (χ0) is 11.8. The fraction of sp³-hybridized carbons (Fsp3) is 0.727. The van der Waals surface area contributed by atoms with E-state index in [0.29, 0.717) is 17.8 Å².